The van der Waals surface area contributed by atoms with E-state index in [0.717, 1.165) is 12.8 Å². The Bertz CT molecular complexity index is 1560. The van der Waals surface area contributed by atoms with E-state index in [1.54, 1.807) is 0 Å². The summed E-state index contributed by atoms with van der Waals surface area (Å²) >= 11 is 0. The number of anilines is 3. The van der Waals surface area contributed by atoms with Crippen molar-refractivity contribution >= 4 is 22.6 Å². The van der Waals surface area contributed by atoms with E-state index in [-0.39, 0.29) is 5.41 Å². The van der Waals surface area contributed by atoms with Crippen LogP contribution in [0.4, 0.5) is 17.1 Å². The average Bonchev–Trinajstić information content (AvgIpc) is 3.14. The van der Waals surface area contributed by atoms with Gasteiger partial charge in [0.15, 0.2) is 0 Å². The Balaban J connectivity index is 1.68. The fourth-order valence-electron chi connectivity index (χ4n) is 6.05. The van der Waals surface area contributed by atoms with Crippen LogP contribution in [-0.2, 0) is 18.3 Å². The van der Waals surface area contributed by atoms with Gasteiger partial charge in [-0.15, -0.1) is 0 Å². The number of nitrogens with zero attached hydrogens (tertiary/aromatic N) is 1. The first kappa shape index (κ1) is 26.8. The number of rotatable bonds is 7. The predicted molar refractivity (Wildman–Crippen MR) is 170 cm³/mol. The van der Waals surface area contributed by atoms with Gasteiger partial charge in [0.05, 0.1) is 0 Å². The quantitative estimate of drug-likeness (QED) is 0.238. The molecular weight excluding hydrogens is 470 g/mol. The van der Waals surface area contributed by atoms with Gasteiger partial charge in [-0.25, -0.2) is 0 Å². The second-order valence-corrected chi connectivity index (χ2v) is 11.3. The van der Waals surface area contributed by atoms with Crippen molar-refractivity contribution in [1.29, 1.82) is 0 Å². The molecule has 0 unspecified atom stereocenters. The molecule has 1 aliphatic rings. The zero-order valence-corrected chi connectivity index (χ0v) is 24.6. The molecule has 0 atom stereocenters. The number of fused-ring (bicyclic) bond motifs is 1. The van der Waals surface area contributed by atoms with Gasteiger partial charge in [-0.2, -0.15) is 0 Å². The van der Waals surface area contributed by atoms with Crippen molar-refractivity contribution < 1.29 is 0 Å². The highest BCUT2D eigenvalue weighted by Crippen LogP contribution is 2.49. The monoisotopic (exact) mass is 511 g/mol. The lowest BCUT2D eigenvalue weighted by Gasteiger charge is -2.29. The molecule has 0 amide bonds. The van der Waals surface area contributed by atoms with E-state index in [1.807, 2.05) is 0 Å². The summed E-state index contributed by atoms with van der Waals surface area (Å²) in [7, 11) is 0. The van der Waals surface area contributed by atoms with Gasteiger partial charge in [-0.05, 0) is 109 Å². The van der Waals surface area contributed by atoms with Gasteiger partial charge in [-0.1, -0.05) is 99.5 Å². The van der Waals surface area contributed by atoms with Crippen molar-refractivity contribution in [2.24, 2.45) is 0 Å². The second kappa shape index (κ2) is 10.7. The highest BCUT2D eigenvalue weighted by Gasteiger charge is 2.35. The minimum atomic E-state index is -0.0125. The summed E-state index contributed by atoms with van der Waals surface area (Å²) in [6, 6.07) is 31.8. The number of aryl methyl sites for hydroxylation is 3. The number of allylic oxidation sites excluding steroid dienone is 4. The topological polar surface area (TPSA) is 3.24 Å². The Kier molecular flexibility index (Phi) is 7.36. The third-order valence-electron chi connectivity index (χ3n) is 8.61. The van der Waals surface area contributed by atoms with Gasteiger partial charge in [0.25, 0.3) is 0 Å². The first-order chi connectivity index (χ1) is 18.8. The summed E-state index contributed by atoms with van der Waals surface area (Å²) in [5, 5.41) is 0. The Morgan fingerprint density at radius 1 is 0.667 bits per heavy atom. The largest absolute Gasteiger partial charge is 0.310 e. The second-order valence-electron chi connectivity index (χ2n) is 11.3. The van der Waals surface area contributed by atoms with E-state index < -0.39 is 0 Å². The van der Waals surface area contributed by atoms with Crippen LogP contribution in [0.3, 0.4) is 0 Å². The van der Waals surface area contributed by atoms with Gasteiger partial charge in [0.2, 0.25) is 0 Å². The van der Waals surface area contributed by atoms with Crippen LogP contribution < -0.4 is 4.90 Å². The molecule has 4 aromatic rings. The molecule has 0 radical (unpaired) electrons. The lowest BCUT2D eigenvalue weighted by atomic mass is 9.82. The van der Waals surface area contributed by atoms with E-state index >= 15 is 0 Å². The van der Waals surface area contributed by atoms with E-state index in [9.17, 15) is 0 Å². The summed E-state index contributed by atoms with van der Waals surface area (Å²) in [5.74, 6) is 0. The molecular formula is C38H41N. The molecule has 0 spiro atoms. The summed E-state index contributed by atoms with van der Waals surface area (Å²) in [5.41, 5.74) is 15.8. The molecule has 0 saturated heterocycles. The maximum Gasteiger partial charge on any atom is 0.0465 e. The van der Waals surface area contributed by atoms with Gasteiger partial charge in [-0.3, -0.25) is 0 Å². The average molecular weight is 512 g/mol. The Morgan fingerprint density at radius 2 is 1.26 bits per heavy atom. The lowest BCUT2D eigenvalue weighted by molar-refractivity contribution is 0.639. The summed E-state index contributed by atoms with van der Waals surface area (Å²) < 4.78 is 0. The molecule has 198 valence electrons. The summed E-state index contributed by atoms with van der Waals surface area (Å²) in [6.45, 7) is 15.8. The molecule has 0 fully saturated rings. The standard InChI is InChI=1S/C38H41N/c1-8-13-33-27(5)38(6,7)37-25-32(21-23-36(33)37)39(30-18-16-26(4)17-19-30)31-20-22-35(29(10-3)24-31)34-15-12-11-14-28(34)9-2/h8,11-25H,9-10H2,1-7H3/b13-8-. The normalized spacial score (nSPS) is 14.2. The SMILES string of the molecule is C/C=C\C1=C(C)C(C)(C)c2cc(N(c3ccc(C)cc3)c3ccc(-c4ccccc4CC)c(CC)c3)ccc21. The minimum Gasteiger partial charge on any atom is -0.310 e. The fraction of sp³-hybridized carbons (Fsp3) is 0.263. The lowest BCUT2D eigenvalue weighted by Crippen LogP contribution is -2.17. The van der Waals surface area contributed by atoms with Crippen molar-refractivity contribution in [2.45, 2.75) is 66.7 Å². The van der Waals surface area contributed by atoms with E-state index in [2.05, 4.69) is 150 Å². The highest BCUT2D eigenvalue weighted by atomic mass is 15.1. The Labute approximate surface area is 235 Å². The molecule has 0 bridgehead atoms. The molecule has 0 aliphatic heterocycles. The molecule has 0 heterocycles. The van der Waals surface area contributed by atoms with Crippen LogP contribution in [0.2, 0.25) is 0 Å². The van der Waals surface area contributed by atoms with Crippen LogP contribution >= 0.6 is 0 Å². The Morgan fingerprint density at radius 3 is 1.92 bits per heavy atom. The molecule has 0 saturated carbocycles. The maximum atomic E-state index is 2.42. The highest BCUT2D eigenvalue weighted by molar-refractivity contribution is 5.88. The summed E-state index contributed by atoms with van der Waals surface area (Å²) in [6.07, 6.45) is 6.43. The van der Waals surface area contributed by atoms with Crippen molar-refractivity contribution in [3.8, 4) is 11.1 Å². The van der Waals surface area contributed by atoms with Gasteiger partial charge in [0, 0.05) is 22.5 Å². The molecule has 4 aromatic carbocycles. The predicted octanol–water partition coefficient (Wildman–Crippen LogP) is 10.9. The van der Waals surface area contributed by atoms with Crippen molar-refractivity contribution in [3.05, 3.63) is 130 Å². The smallest absolute Gasteiger partial charge is 0.0465 e. The van der Waals surface area contributed by atoms with Crippen LogP contribution in [0.25, 0.3) is 16.7 Å². The molecule has 1 aliphatic carbocycles. The third-order valence-corrected chi connectivity index (χ3v) is 8.61. The molecule has 0 N–H and O–H groups in total. The van der Waals surface area contributed by atoms with E-state index in [0.29, 0.717) is 0 Å². The zero-order chi connectivity index (χ0) is 27.7. The molecule has 1 nitrogen and oxygen atoms in total. The molecule has 5 rings (SSSR count). The molecule has 1 heteroatoms. The number of hydrogen-bond acceptors (Lipinski definition) is 1. The fourth-order valence-corrected chi connectivity index (χ4v) is 6.05. The van der Waals surface area contributed by atoms with Crippen molar-refractivity contribution in [1.82, 2.24) is 0 Å². The van der Waals surface area contributed by atoms with Crippen molar-refractivity contribution in [3.63, 3.8) is 0 Å². The third kappa shape index (κ3) is 4.76. The van der Waals surface area contributed by atoms with Gasteiger partial charge in [0.1, 0.15) is 0 Å². The van der Waals surface area contributed by atoms with Gasteiger partial charge < -0.3 is 4.90 Å². The first-order valence-electron chi connectivity index (χ1n) is 14.4. The zero-order valence-electron chi connectivity index (χ0n) is 24.6. The molecule has 0 aromatic heterocycles. The van der Waals surface area contributed by atoms with E-state index in [1.165, 1.54) is 67.2 Å². The number of hydrogen-bond donors (Lipinski definition) is 0. The number of benzene rings is 4. The maximum absolute atomic E-state index is 2.42. The Hall–Kier alpha value is -3.84. The van der Waals surface area contributed by atoms with Gasteiger partial charge >= 0.3 is 0 Å². The van der Waals surface area contributed by atoms with Crippen LogP contribution in [0.5, 0.6) is 0 Å². The van der Waals surface area contributed by atoms with Crippen LogP contribution in [0.15, 0.2) is 103 Å². The van der Waals surface area contributed by atoms with Crippen LogP contribution in [0.1, 0.15) is 69.4 Å². The van der Waals surface area contributed by atoms with Crippen LogP contribution in [0, 0.1) is 6.92 Å². The minimum absolute atomic E-state index is 0.0125. The first-order valence-corrected chi connectivity index (χ1v) is 14.4. The molecule has 39 heavy (non-hydrogen) atoms. The van der Waals surface area contributed by atoms with Crippen molar-refractivity contribution in [2.75, 3.05) is 4.90 Å². The van der Waals surface area contributed by atoms with Crippen LogP contribution in [-0.4, -0.2) is 0 Å². The van der Waals surface area contributed by atoms with E-state index in [4.69, 9.17) is 0 Å². The summed E-state index contributed by atoms with van der Waals surface area (Å²) in [4.78, 5) is 2.42.